The third kappa shape index (κ3) is 26.3. The molecule has 0 spiro atoms. The number of carbonyl (C=O) groups is 8. The third-order valence-electron chi connectivity index (χ3n) is 17.8. The summed E-state index contributed by atoms with van der Waals surface area (Å²) in [5.74, 6) is -3.55. The molecular weight excluding hydrogens is 1200 g/mol. The van der Waals surface area contributed by atoms with Crippen molar-refractivity contribution in [1.29, 1.82) is 0 Å². The van der Waals surface area contributed by atoms with E-state index in [-0.39, 0.29) is 117 Å². The minimum absolute atomic E-state index is 0.0190. The number of amides is 4. The van der Waals surface area contributed by atoms with Crippen LogP contribution in [0.25, 0.3) is 0 Å². The van der Waals surface area contributed by atoms with E-state index in [0.29, 0.717) is 108 Å². The summed E-state index contributed by atoms with van der Waals surface area (Å²) in [6.07, 6.45) is 2.00. The van der Waals surface area contributed by atoms with E-state index in [1.54, 1.807) is 80.3 Å². The average Bonchev–Trinajstić information content (AvgIpc) is 1.42. The summed E-state index contributed by atoms with van der Waals surface area (Å²) in [7, 11) is 8.60. The molecule has 0 saturated carbocycles. The lowest BCUT2D eigenvalue weighted by Crippen LogP contribution is -2.55. The number of nitrogens with two attached hydrogens (primary N) is 2. The van der Waals surface area contributed by atoms with Crippen LogP contribution < -0.4 is 22.1 Å². The molecule has 1 aliphatic heterocycles. The van der Waals surface area contributed by atoms with Gasteiger partial charge in [-0.05, 0) is 99.0 Å². The van der Waals surface area contributed by atoms with Gasteiger partial charge < -0.3 is 65.1 Å². The van der Waals surface area contributed by atoms with Crippen LogP contribution in [0.4, 0.5) is 17.1 Å². The first-order valence-electron chi connectivity index (χ1n) is 33.5. The Bertz CT molecular complexity index is 2810. The van der Waals surface area contributed by atoms with Crippen LogP contribution in [0.3, 0.4) is 0 Å². The Morgan fingerprint density at radius 3 is 1.86 bits per heavy atom. The first-order valence-corrected chi connectivity index (χ1v) is 33.5. The first kappa shape index (κ1) is 79.9. The Kier molecular flexibility index (Phi) is 35.8. The summed E-state index contributed by atoms with van der Waals surface area (Å²) in [5, 5.41) is 5.87. The summed E-state index contributed by atoms with van der Waals surface area (Å²) < 4.78 is 40.3. The minimum atomic E-state index is -0.949. The van der Waals surface area contributed by atoms with Gasteiger partial charge in [-0.1, -0.05) is 104 Å². The monoisotopic (exact) mass is 1310 g/mol. The fourth-order valence-corrected chi connectivity index (χ4v) is 12.2. The number of methoxy groups -OCH3 is 2. The number of anilines is 3. The van der Waals surface area contributed by atoms with Crippen molar-refractivity contribution in [2.45, 2.75) is 163 Å². The van der Waals surface area contributed by atoms with E-state index >= 15 is 0 Å². The van der Waals surface area contributed by atoms with Gasteiger partial charge in [0, 0.05) is 83.2 Å². The summed E-state index contributed by atoms with van der Waals surface area (Å²) in [4.78, 5) is 115. The number of benzene rings is 3. The van der Waals surface area contributed by atoms with Crippen LogP contribution in [0, 0.1) is 35.5 Å². The zero-order chi connectivity index (χ0) is 69.4. The molecule has 0 bridgehead atoms. The molecule has 22 heteroatoms. The van der Waals surface area contributed by atoms with Gasteiger partial charge in [0.25, 0.3) is 0 Å². The number of Topliss-reactive ketones (excluding diaryl/α,β-unsaturated/α-hetero) is 4. The number of nitrogens with one attached hydrogen (secondary N) is 2. The van der Waals surface area contributed by atoms with Gasteiger partial charge in [-0.2, -0.15) is 0 Å². The number of ketones is 4. The molecule has 1 fully saturated rings. The van der Waals surface area contributed by atoms with Crippen molar-refractivity contribution in [3.05, 3.63) is 89.5 Å². The minimum Gasteiger partial charge on any atom is -0.397 e. The lowest BCUT2D eigenvalue weighted by molar-refractivity contribution is -0.149. The Morgan fingerprint density at radius 1 is 0.660 bits per heavy atom. The van der Waals surface area contributed by atoms with E-state index in [1.165, 1.54) is 7.11 Å². The van der Waals surface area contributed by atoms with Crippen molar-refractivity contribution < 1.29 is 71.5 Å². The Balaban J connectivity index is 1.21. The van der Waals surface area contributed by atoms with Gasteiger partial charge in [-0.3, -0.25) is 43.3 Å². The van der Waals surface area contributed by atoms with Crippen molar-refractivity contribution in [2.24, 2.45) is 35.5 Å². The number of nitrogens with zero attached hydrogens (tertiary/aromatic N) is 3. The second-order valence-electron chi connectivity index (χ2n) is 25.9. The molecule has 6 N–H and O–H groups in total. The van der Waals surface area contributed by atoms with Gasteiger partial charge >= 0.3 is 0 Å². The predicted octanol–water partition coefficient (Wildman–Crippen LogP) is 8.06. The SMILES string of the molecule is CCC(C)C(C(CC(=O)N1CCCC1C(OC)C(C)C(=O)NC(Cc1ccccc1)C(=O)COCc1ccc(NC(=O)C(C)CC(=O)CCOCCOCCOCCOCCCC(=O)c2ccc(N)c(N)c2)cc1)OC)N(C)C(=O)C(CC(=O)C(C(C)C)N(C)C)C(C)C. The Morgan fingerprint density at radius 2 is 1.29 bits per heavy atom. The van der Waals surface area contributed by atoms with Gasteiger partial charge in [-0.15, -0.1) is 0 Å². The second-order valence-corrected chi connectivity index (χ2v) is 25.9. The van der Waals surface area contributed by atoms with E-state index < -0.39 is 54.0 Å². The molecule has 22 nitrogen and oxygen atoms in total. The fourth-order valence-electron chi connectivity index (χ4n) is 12.2. The van der Waals surface area contributed by atoms with E-state index in [2.05, 4.69) is 10.6 Å². The predicted molar refractivity (Wildman–Crippen MR) is 364 cm³/mol. The number of hydrogen-bond acceptors (Lipinski definition) is 18. The van der Waals surface area contributed by atoms with Crippen LogP contribution in [0.2, 0.25) is 0 Å². The average molecular weight is 1310 g/mol. The number of carbonyl (C=O) groups excluding carboxylic acids is 8. The molecule has 1 heterocycles. The van der Waals surface area contributed by atoms with Crippen LogP contribution in [0.1, 0.15) is 135 Å². The maximum Gasteiger partial charge on any atom is 0.227 e. The zero-order valence-electron chi connectivity index (χ0n) is 58.3. The number of likely N-dealkylation sites (N-methyl/N-ethyl adjacent to an activating group) is 2. The molecule has 0 aliphatic carbocycles. The smallest absolute Gasteiger partial charge is 0.227 e. The van der Waals surface area contributed by atoms with Crippen LogP contribution >= 0.6 is 0 Å². The highest BCUT2D eigenvalue weighted by atomic mass is 16.6. The summed E-state index contributed by atoms with van der Waals surface area (Å²) >= 11 is 0. The van der Waals surface area contributed by atoms with Crippen LogP contribution in [-0.4, -0.2) is 199 Å². The Hall–Kier alpha value is -6.50. The van der Waals surface area contributed by atoms with Gasteiger partial charge in [-0.25, -0.2) is 0 Å². The molecule has 10 unspecified atom stereocenters. The first-order chi connectivity index (χ1) is 44.8. The van der Waals surface area contributed by atoms with Crippen molar-refractivity contribution in [3.8, 4) is 0 Å². The van der Waals surface area contributed by atoms with Crippen LogP contribution in [0.15, 0.2) is 72.8 Å². The number of likely N-dealkylation sites (tertiary alicyclic amines) is 1. The number of rotatable bonds is 47. The second kappa shape index (κ2) is 42.1. The van der Waals surface area contributed by atoms with Gasteiger partial charge in [0.15, 0.2) is 17.3 Å². The molecule has 3 aromatic rings. The maximum atomic E-state index is 14.6. The molecule has 3 aromatic carbocycles. The quantitative estimate of drug-likeness (QED) is 0.0236. The molecule has 94 heavy (non-hydrogen) atoms. The number of hydrogen-bond donors (Lipinski definition) is 4. The Labute approximate surface area is 558 Å². The van der Waals surface area contributed by atoms with Gasteiger partial charge in [0.05, 0.1) is 113 Å². The summed E-state index contributed by atoms with van der Waals surface area (Å²) in [6, 6.07) is 19.0. The van der Waals surface area contributed by atoms with Gasteiger partial charge in [0.1, 0.15) is 12.4 Å². The molecule has 1 saturated heterocycles. The van der Waals surface area contributed by atoms with E-state index in [4.69, 9.17) is 44.6 Å². The van der Waals surface area contributed by atoms with Crippen LogP contribution in [0.5, 0.6) is 0 Å². The van der Waals surface area contributed by atoms with Crippen molar-refractivity contribution in [2.75, 3.05) is 118 Å². The topological polar surface area (TPSA) is 287 Å². The summed E-state index contributed by atoms with van der Waals surface area (Å²) in [6.45, 7) is 18.5. The number of nitrogen functional groups attached to an aromatic ring is 2. The highest BCUT2D eigenvalue weighted by Gasteiger charge is 2.44. The van der Waals surface area contributed by atoms with E-state index in [1.807, 2.05) is 90.9 Å². The highest BCUT2D eigenvalue weighted by Crippen LogP contribution is 2.32. The number of ether oxygens (including phenoxy) is 7. The van der Waals surface area contributed by atoms with Crippen molar-refractivity contribution >= 4 is 63.8 Å². The third-order valence-corrected chi connectivity index (χ3v) is 17.8. The molecule has 4 amide bonds. The lowest BCUT2D eigenvalue weighted by atomic mass is 9.83. The highest BCUT2D eigenvalue weighted by molar-refractivity contribution is 5.98. The fraction of sp³-hybridized carbons (Fsp3) is 0.639. The zero-order valence-corrected chi connectivity index (χ0v) is 58.3. The molecule has 1 aliphatic rings. The van der Waals surface area contributed by atoms with Crippen molar-refractivity contribution in [3.63, 3.8) is 0 Å². The molecule has 0 aromatic heterocycles. The normalized spacial score (nSPS) is 16.2. The maximum absolute atomic E-state index is 14.6. The largest absolute Gasteiger partial charge is 0.397 e. The standard InChI is InChI=1S/C72H111N7O15/c1-14-49(6)68(78(11)72(87)57(47(2)3)43-63(82)67(48(4)5)77(9)10)65(88-12)44-66(84)79-31-18-22-61(79)69(89-13)51(8)71(86)76-60(41-52-20-16-15-17-21-52)64(83)46-94-45-53-24-27-55(28-25-53)75-70(85)50(7)40-56(80)30-33-91-35-37-93-39-38-92-36-34-90-32-19-23-62(81)54-26-29-58(73)59(74)42-54/h15-17,20-21,24-29,42,47-51,57,60-61,65,67-69H,14,18-19,22-23,30-41,43-46,73-74H2,1-13H3,(H,75,85)(H,76,86). The van der Waals surface area contributed by atoms with Gasteiger partial charge in [0.2, 0.25) is 23.6 Å². The van der Waals surface area contributed by atoms with Crippen molar-refractivity contribution in [1.82, 2.24) is 20.0 Å². The molecule has 0 radical (unpaired) electrons. The van der Waals surface area contributed by atoms with Crippen LogP contribution in [-0.2, 0) is 79.7 Å². The molecule has 10 atom stereocenters. The molecule has 4 rings (SSSR count). The molecular formula is C72H111N7O15. The molecule has 524 valence electrons. The van der Waals surface area contributed by atoms with E-state index in [9.17, 15) is 38.4 Å². The van der Waals surface area contributed by atoms with E-state index in [0.717, 1.165) is 11.1 Å². The summed E-state index contributed by atoms with van der Waals surface area (Å²) in [5.41, 5.74) is 15.0. The lowest BCUT2D eigenvalue weighted by Gasteiger charge is -2.41.